The highest BCUT2D eigenvalue weighted by Crippen LogP contribution is 2.22. The van der Waals surface area contributed by atoms with E-state index in [2.05, 4.69) is 0 Å². The molecular weight excluding hydrogens is 462 g/mol. The van der Waals surface area contributed by atoms with Crippen molar-refractivity contribution >= 4 is 21.8 Å². The van der Waals surface area contributed by atoms with Crippen molar-refractivity contribution in [2.24, 2.45) is 0 Å². The molecule has 7 heteroatoms. The summed E-state index contributed by atoms with van der Waals surface area (Å²) in [5.41, 5.74) is 3.40. The molecule has 1 saturated heterocycles. The number of hydrogen-bond donors (Lipinski definition) is 0. The van der Waals surface area contributed by atoms with Gasteiger partial charge in [-0.2, -0.15) is 4.31 Å². The van der Waals surface area contributed by atoms with Crippen LogP contribution in [0.4, 0.5) is 0 Å². The zero-order valence-corrected chi connectivity index (χ0v) is 20.4. The number of carbonyl (C=O) groups is 2. The first kappa shape index (κ1) is 24.8. The summed E-state index contributed by atoms with van der Waals surface area (Å²) in [5, 5.41) is 0. The van der Waals surface area contributed by atoms with E-state index in [1.54, 1.807) is 36.4 Å². The van der Waals surface area contributed by atoms with Crippen LogP contribution in [-0.2, 0) is 26.0 Å². The Morgan fingerprint density at radius 3 is 2.06 bits per heavy atom. The van der Waals surface area contributed by atoms with E-state index in [1.807, 2.05) is 42.5 Å². The number of nitrogens with zero attached hydrogens (tertiary/aromatic N) is 1. The predicted octanol–water partition coefficient (Wildman–Crippen LogP) is 4.89. The fourth-order valence-corrected chi connectivity index (χ4v) is 5.63. The van der Waals surface area contributed by atoms with Gasteiger partial charge < -0.3 is 4.74 Å². The van der Waals surface area contributed by atoms with Crippen LogP contribution in [-0.4, -0.2) is 44.2 Å². The van der Waals surface area contributed by atoms with Crippen molar-refractivity contribution in [3.63, 3.8) is 0 Å². The summed E-state index contributed by atoms with van der Waals surface area (Å²) in [4.78, 5) is 24.8. The molecule has 0 unspecified atom stereocenters. The second-order valence-corrected chi connectivity index (χ2v) is 10.6. The monoisotopic (exact) mass is 491 g/mol. The molecule has 1 fully saturated rings. The van der Waals surface area contributed by atoms with Gasteiger partial charge in [0.05, 0.1) is 4.90 Å². The third-order valence-electron chi connectivity index (χ3n) is 6.17. The fourth-order valence-electron chi connectivity index (χ4n) is 4.11. The summed E-state index contributed by atoms with van der Waals surface area (Å²) >= 11 is 0. The second kappa shape index (κ2) is 11.4. The number of aryl methyl sites for hydroxylation is 1. The van der Waals surface area contributed by atoms with Crippen molar-refractivity contribution in [3.05, 3.63) is 90.0 Å². The first-order chi connectivity index (χ1) is 16.9. The van der Waals surface area contributed by atoms with E-state index in [1.165, 1.54) is 4.31 Å². The van der Waals surface area contributed by atoms with Crippen LogP contribution in [0.15, 0.2) is 83.8 Å². The Hall–Kier alpha value is -3.29. The Labute approximate surface area is 206 Å². The Balaban J connectivity index is 1.24. The highest BCUT2D eigenvalue weighted by Gasteiger charge is 2.25. The molecule has 0 saturated carbocycles. The van der Waals surface area contributed by atoms with Gasteiger partial charge in [-0.05, 0) is 48.1 Å². The van der Waals surface area contributed by atoms with Gasteiger partial charge in [0.1, 0.15) is 0 Å². The molecule has 6 nitrogen and oxygen atoms in total. The third kappa shape index (κ3) is 6.44. The lowest BCUT2D eigenvalue weighted by Crippen LogP contribution is -2.35. The minimum absolute atomic E-state index is 0.110. The average Bonchev–Trinajstić information content (AvgIpc) is 2.92. The number of esters is 1. The van der Waals surface area contributed by atoms with Gasteiger partial charge in [0.2, 0.25) is 10.0 Å². The normalized spacial score (nSPS) is 14.4. The van der Waals surface area contributed by atoms with Crippen molar-refractivity contribution in [2.45, 2.75) is 37.0 Å². The summed E-state index contributed by atoms with van der Waals surface area (Å²) in [6.45, 7) is 0.814. The topological polar surface area (TPSA) is 80.8 Å². The highest BCUT2D eigenvalue weighted by molar-refractivity contribution is 7.89. The quantitative estimate of drug-likeness (QED) is 0.315. The third-order valence-corrected chi connectivity index (χ3v) is 8.09. The summed E-state index contributed by atoms with van der Waals surface area (Å²) in [6.07, 6.45) is 3.36. The van der Waals surface area contributed by atoms with E-state index >= 15 is 0 Å². The first-order valence-electron chi connectivity index (χ1n) is 11.9. The molecule has 0 N–H and O–H groups in total. The van der Waals surface area contributed by atoms with Crippen molar-refractivity contribution in [1.29, 1.82) is 0 Å². The number of Topliss-reactive ketones (excluding diaryl/α,β-unsaturated/α-hetero) is 1. The van der Waals surface area contributed by atoms with Gasteiger partial charge in [-0.25, -0.2) is 8.42 Å². The number of ether oxygens (including phenoxy) is 1. The van der Waals surface area contributed by atoms with Gasteiger partial charge in [-0.3, -0.25) is 9.59 Å². The fraction of sp³-hybridized carbons (Fsp3) is 0.286. The second-order valence-electron chi connectivity index (χ2n) is 8.64. The number of ketones is 1. The van der Waals surface area contributed by atoms with Gasteiger partial charge in [0, 0.05) is 25.1 Å². The maximum atomic E-state index is 12.7. The van der Waals surface area contributed by atoms with Crippen LogP contribution in [0.5, 0.6) is 0 Å². The van der Waals surface area contributed by atoms with E-state index in [4.69, 9.17) is 4.74 Å². The van der Waals surface area contributed by atoms with Crippen LogP contribution in [0.1, 0.15) is 41.6 Å². The van der Waals surface area contributed by atoms with E-state index in [9.17, 15) is 18.0 Å². The van der Waals surface area contributed by atoms with Gasteiger partial charge in [0.25, 0.3) is 0 Å². The highest BCUT2D eigenvalue weighted by atomic mass is 32.2. The van der Waals surface area contributed by atoms with Gasteiger partial charge >= 0.3 is 5.97 Å². The molecule has 1 aliphatic heterocycles. The smallest absolute Gasteiger partial charge is 0.306 e. The van der Waals surface area contributed by atoms with Crippen molar-refractivity contribution in [3.8, 4) is 11.1 Å². The molecular formula is C28H29NO5S. The molecule has 1 heterocycles. The Morgan fingerprint density at radius 1 is 0.771 bits per heavy atom. The molecule has 3 aromatic rings. The first-order valence-corrected chi connectivity index (χ1v) is 13.3. The number of carbonyl (C=O) groups excluding carboxylic acids is 2. The van der Waals surface area contributed by atoms with E-state index < -0.39 is 16.0 Å². The van der Waals surface area contributed by atoms with Crippen molar-refractivity contribution < 1.29 is 22.7 Å². The van der Waals surface area contributed by atoms with Crippen LogP contribution in [0.3, 0.4) is 0 Å². The maximum Gasteiger partial charge on any atom is 0.306 e. The zero-order valence-electron chi connectivity index (χ0n) is 19.6. The van der Waals surface area contributed by atoms with Crippen LogP contribution < -0.4 is 0 Å². The molecule has 1 aliphatic rings. The van der Waals surface area contributed by atoms with Crippen LogP contribution >= 0.6 is 0 Å². The summed E-state index contributed by atoms with van der Waals surface area (Å²) in [6, 6.07) is 23.7. The Kier molecular flexibility index (Phi) is 8.10. The molecule has 35 heavy (non-hydrogen) atoms. The van der Waals surface area contributed by atoms with Crippen molar-refractivity contribution in [1.82, 2.24) is 4.31 Å². The summed E-state index contributed by atoms with van der Waals surface area (Å²) in [5.74, 6) is -0.727. The summed E-state index contributed by atoms with van der Waals surface area (Å²) in [7, 11) is -3.47. The number of benzene rings is 3. The number of piperidine rings is 1. The molecule has 0 bridgehead atoms. The molecule has 182 valence electrons. The maximum absolute atomic E-state index is 12.7. The molecule has 0 aromatic heterocycles. The van der Waals surface area contributed by atoms with E-state index in [0.29, 0.717) is 25.1 Å². The summed E-state index contributed by atoms with van der Waals surface area (Å²) < 4.78 is 32.2. The average molecular weight is 492 g/mol. The van der Waals surface area contributed by atoms with E-state index in [-0.39, 0.29) is 23.7 Å². The van der Waals surface area contributed by atoms with Crippen LogP contribution in [0.2, 0.25) is 0 Å². The standard InChI is InChI=1S/C28H29NO5S/c30-27(25-14-12-24(13-15-25)23-7-3-1-4-8-23)21-34-28(31)18-11-22-9-16-26(17-10-22)35(32,33)29-19-5-2-6-20-29/h1,3-4,7-10,12-17H,2,5-6,11,18-21H2. The van der Waals surface area contributed by atoms with Crippen molar-refractivity contribution in [2.75, 3.05) is 19.7 Å². The molecule has 4 rings (SSSR count). The Morgan fingerprint density at radius 2 is 1.40 bits per heavy atom. The van der Waals surface area contributed by atoms with Gasteiger partial charge in [0.15, 0.2) is 12.4 Å². The molecule has 0 amide bonds. The molecule has 3 aromatic carbocycles. The van der Waals surface area contributed by atoms with Gasteiger partial charge in [-0.1, -0.05) is 73.2 Å². The lowest BCUT2D eigenvalue weighted by molar-refractivity contribution is -0.142. The minimum atomic E-state index is -3.47. The lowest BCUT2D eigenvalue weighted by Gasteiger charge is -2.25. The molecule has 0 atom stereocenters. The molecule has 0 aliphatic carbocycles. The lowest BCUT2D eigenvalue weighted by atomic mass is 10.0. The van der Waals surface area contributed by atoms with E-state index in [0.717, 1.165) is 36.0 Å². The Bertz CT molecular complexity index is 1250. The molecule has 0 spiro atoms. The predicted molar refractivity (Wildman–Crippen MR) is 135 cm³/mol. The SMILES string of the molecule is O=C(CCc1ccc(S(=O)(=O)N2CCCCC2)cc1)OCC(=O)c1ccc(-c2ccccc2)cc1. The van der Waals surface area contributed by atoms with Gasteiger partial charge in [-0.15, -0.1) is 0 Å². The van der Waals surface area contributed by atoms with Crippen LogP contribution in [0.25, 0.3) is 11.1 Å². The zero-order chi connectivity index (χ0) is 24.7. The largest absolute Gasteiger partial charge is 0.457 e. The number of sulfonamides is 1. The minimum Gasteiger partial charge on any atom is -0.457 e. The molecule has 0 radical (unpaired) electrons. The number of hydrogen-bond acceptors (Lipinski definition) is 5. The van der Waals surface area contributed by atoms with Crippen LogP contribution in [0, 0.1) is 0 Å². The number of rotatable bonds is 9.